The van der Waals surface area contributed by atoms with Gasteiger partial charge in [0, 0.05) is 11.5 Å². The van der Waals surface area contributed by atoms with Crippen molar-refractivity contribution in [3.63, 3.8) is 0 Å². The van der Waals surface area contributed by atoms with E-state index >= 15 is 0 Å². The monoisotopic (exact) mass is 239 g/mol. The van der Waals surface area contributed by atoms with E-state index in [0.717, 1.165) is 12.5 Å². The summed E-state index contributed by atoms with van der Waals surface area (Å²) in [5.74, 6) is 0.916. The highest BCUT2D eigenvalue weighted by Crippen LogP contribution is 2.44. The summed E-state index contributed by atoms with van der Waals surface area (Å²) < 4.78 is 6.33. The maximum absolute atomic E-state index is 6.33. The molecule has 17 heavy (non-hydrogen) atoms. The first-order valence-corrected chi connectivity index (χ1v) is 7.42. The van der Waals surface area contributed by atoms with E-state index in [2.05, 4.69) is 33.0 Å². The Morgan fingerprint density at radius 2 is 1.82 bits per heavy atom. The standard InChI is InChI=1S/C15H29NO/c1-5-16-13-10-14(15(13,3)4)17-12-8-6-11(2)7-9-12/h11-14,16H,5-10H2,1-4H3. The lowest BCUT2D eigenvalue weighted by molar-refractivity contribution is -0.155. The van der Waals surface area contributed by atoms with E-state index in [9.17, 15) is 0 Å². The van der Waals surface area contributed by atoms with Crippen molar-refractivity contribution in [1.29, 1.82) is 0 Å². The van der Waals surface area contributed by atoms with E-state index in [-0.39, 0.29) is 0 Å². The normalized spacial score (nSPS) is 40.9. The third-order valence-corrected chi connectivity index (χ3v) is 4.95. The van der Waals surface area contributed by atoms with Crippen molar-refractivity contribution in [2.45, 2.75) is 78.0 Å². The van der Waals surface area contributed by atoms with E-state index in [1.807, 2.05) is 0 Å². The molecule has 0 heterocycles. The zero-order valence-electron chi connectivity index (χ0n) is 12.0. The summed E-state index contributed by atoms with van der Waals surface area (Å²) in [5.41, 5.74) is 0.319. The average Bonchev–Trinajstić information content (AvgIpc) is 2.30. The lowest BCUT2D eigenvalue weighted by Crippen LogP contribution is -2.61. The molecule has 0 radical (unpaired) electrons. The molecule has 0 saturated heterocycles. The van der Waals surface area contributed by atoms with Crippen molar-refractivity contribution in [3.8, 4) is 0 Å². The van der Waals surface area contributed by atoms with Gasteiger partial charge in [-0.3, -0.25) is 0 Å². The van der Waals surface area contributed by atoms with Crippen LogP contribution in [0.3, 0.4) is 0 Å². The Morgan fingerprint density at radius 3 is 2.35 bits per heavy atom. The molecule has 2 fully saturated rings. The number of rotatable bonds is 4. The smallest absolute Gasteiger partial charge is 0.0659 e. The van der Waals surface area contributed by atoms with Crippen LogP contribution in [0.1, 0.15) is 59.8 Å². The number of nitrogens with one attached hydrogen (secondary N) is 1. The molecule has 0 aromatic heterocycles. The van der Waals surface area contributed by atoms with Crippen LogP contribution in [0.2, 0.25) is 0 Å². The summed E-state index contributed by atoms with van der Waals surface area (Å²) in [5, 5.41) is 3.57. The molecule has 2 saturated carbocycles. The largest absolute Gasteiger partial charge is 0.374 e. The fourth-order valence-corrected chi connectivity index (χ4v) is 3.31. The molecule has 2 heteroatoms. The second-order valence-electron chi connectivity index (χ2n) is 6.67. The van der Waals surface area contributed by atoms with Gasteiger partial charge >= 0.3 is 0 Å². The van der Waals surface area contributed by atoms with Gasteiger partial charge in [0.1, 0.15) is 0 Å². The molecule has 2 aliphatic carbocycles. The minimum Gasteiger partial charge on any atom is -0.374 e. The average molecular weight is 239 g/mol. The predicted molar refractivity (Wildman–Crippen MR) is 72.2 cm³/mol. The fourth-order valence-electron chi connectivity index (χ4n) is 3.31. The van der Waals surface area contributed by atoms with Gasteiger partial charge in [0.25, 0.3) is 0 Å². The van der Waals surface area contributed by atoms with Gasteiger partial charge in [-0.2, -0.15) is 0 Å². The molecule has 2 aliphatic rings. The first-order valence-electron chi connectivity index (χ1n) is 7.42. The van der Waals surface area contributed by atoms with Crippen LogP contribution < -0.4 is 5.32 Å². The highest BCUT2D eigenvalue weighted by Gasteiger charge is 2.49. The van der Waals surface area contributed by atoms with Crippen LogP contribution in [0, 0.1) is 11.3 Å². The molecule has 0 aromatic carbocycles. The molecule has 0 aliphatic heterocycles. The second-order valence-corrected chi connectivity index (χ2v) is 6.67. The third-order valence-electron chi connectivity index (χ3n) is 4.95. The Bertz CT molecular complexity index is 243. The summed E-state index contributed by atoms with van der Waals surface area (Å²) in [7, 11) is 0. The van der Waals surface area contributed by atoms with Gasteiger partial charge in [0.05, 0.1) is 12.2 Å². The lowest BCUT2D eigenvalue weighted by atomic mass is 9.64. The van der Waals surface area contributed by atoms with Crippen molar-refractivity contribution in [3.05, 3.63) is 0 Å². The summed E-state index contributed by atoms with van der Waals surface area (Å²) in [6.45, 7) is 10.3. The predicted octanol–water partition coefficient (Wildman–Crippen LogP) is 3.36. The van der Waals surface area contributed by atoms with Crippen LogP contribution in [-0.2, 0) is 4.74 Å². The first kappa shape index (κ1) is 13.4. The Kier molecular flexibility index (Phi) is 4.14. The lowest BCUT2D eigenvalue weighted by Gasteiger charge is -2.53. The van der Waals surface area contributed by atoms with Crippen LogP contribution >= 0.6 is 0 Å². The van der Waals surface area contributed by atoms with Crippen molar-refractivity contribution in [2.75, 3.05) is 6.54 Å². The van der Waals surface area contributed by atoms with Crippen molar-refractivity contribution < 1.29 is 4.74 Å². The summed E-state index contributed by atoms with van der Waals surface area (Å²) >= 11 is 0. The van der Waals surface area contributed by atoms with Crippen LogP contribution in [0.5, 0.6) is 0 Å². The van der Waals surface area contributed by atoms with E-state index in [1.54, 1.807) is 0 Å². The van der Waals surface area contributed by atoms with E-state index < -0.39 is 0 Å². The van der Waals surface area contributed by atoms with E-state index in [4.69, 9.17) is 4.74 Å². The van der Waals surface area contributed by atoms with Gasteiger partial charge in [0.15, 0.2) is 0 Å². The quantitative estimate of drug-likeness (QED) is 0.812. The van der Waals surface area contributed by atoms with Gasteiger partial charge in [-0.05, 0) is 44.6 Å². The number of hydrogen-bond acceptors (Lipinski definition) is 2. The number of ether oxygens (including phenoxy) is 1. The molecule has 0 spiro atoms. The number of hydrogen-bond donors (Lipinski definition) is 1. The highest BCUT2D eigenvalue weighted by molar-refractivity contribution is 5.03. The minimum absolute atomic E-state index is 0.319. The minimum atomic E-state index is 0.319. The zero-order chi connectivity index (χ0) is 12.5. The first-order chi connectivity index (χ1) is 8.04. The zero-order valence-corrected chi connectivity index (χ0v) is 12.0. The Balaban J connectivity index is 1.77. The Hall–Kier alpha value is -0.0800. The summed E-state index contributed by atoms with van der Waals surface area (Å²) in [4.78, 5) is 0. The molecule has 0 amide bonds. The van der Waals surface area contributed by atoms with Gasteiger partial charge < -0.3 is 10.1 Å². The van der Waals surface area contributed by atoms with Crippen molar-refractivity contribution >= 4 is 0 Å². The molecule has 1 N–H and O–H groups in total. The molecule has 0 bridgehead atoms. The van der Waals surface area contributed by atoms with Gasteiger partial charge in [0.2, 0.25) is 0 Å². The molecule has 2 atom stereocenters. The summed E-state index contributed by atoms with van der Waals surface area (Å²) in [6.07, 6.45) is 7.48. The maximum atomic E-state index is 6.33. The molecule has 100 valence electrons. The molecule has 0 aromatic rings. The maximum Gasteiger partial charge on any atom is 0.0659 e. The van der Waals surface area contributed by atoms with Crippen molar-refractivity contribution in [1.82, 2.24) is 5.32 Å². The Labute approximate surface area is 107 Å². The van der Waals surface area contributed by atoms with Crippen LogP contribution in [0.25, 0.3) is 0 Å². The molecule has 2 rings (SSSR count). The van der Waals surface area contributed by atoms with Gasteiger partial charge in [-0.1, -0.05) is 27.7 Å². The molecular weight excluding hydrogens is 210 g/mol. The van der Waals surface area contributed by atoms with E-state index in [0.29, 0.717) is 23.7 Å². The van der Waals surface area contributed by atoms with Crippen LogP contribution in [-0.4, -0.2) is 24.8 Å². The highest BCUT2D eigenvalue weighted by atomic mass is 16.5. The van der Waals surface area contributed by atoms with Gasteiger partial charge in [-0.15, -0.1) is 0 Å². The van der Waals surface area contributed by atoms with Gasteiger partial charge in [-0.25, -0.2) is 0 Å². The molecule has 2 unspecified atom stereocenters. The van der Waals surface area contributed by atoms with E-state index in [1.165, 1.54) is 32.1 Å². The second kappa shape index (κ2) is 5.27. The molecule has 2 nitrogen and oxygen atoms in total. The SMILES string of the molecule is CCNC1CC(OC2CCC(C)CC2)C1(C)C. The summed E-state index contributed by atoms with van der Waals surface area (Å²) in [6, 6.07) is 0.653. The third kappa shape index (κ3) is 2.85. The Morgan fingerprint density at radius 1 is 1.18 bits per heavy atom. The topological polar surface area (TPSA) is 21.3 Å². The fraction of sp³-hybridized carbons (Fsp3) is 1.00. The van der Waals surface area contributed by atoms with Crippen LogP contribution in [0.4, 0.5) is 0 Å². The molecular formula is C15H29NO. The van der Waals surface area contributed by atoms with Crippen molar-refractivity contribution in [2.24, 2.45) is 11.3 Å². The van der Waals surface area contributed by atoms with Crippen LogP contribution in [0.15, 0.2) is 0 Å².